The highest BCUT2D eigenvalue weighted by atomic mass is 14.2. The van der Waals surface area contributed by atoms with Gasteiger partial charge in [0, 0.05) is 0 Å². The molecule has 0 rings (SSSR count). The molecule has 0 aliphatic heterocycles. The van der Waals surface area contributed by atoms with Crippen LogP contribution in [-0.2, 0) is 0 Å². The Hall–Kier alpha value is 0. The van der Waals surface area contributed by atoms with E-state index in [-0.39, 0.29) is 0 Å². The van der Waals surface area contributed by atoms with Crippen LogP contribution in [-0.4, -0.2) is 0 Å². The van der Waals surface area contributed by atoms with Crippen LogP contribution >= 0.6 is 0 Å². The highest BCUT2D eigenvalue weighted by molar-refractivity contribution is 4.70. The van der Waals surface area contributed by atoms with Gasteiger partial charge in [-0.25, -0.2) is 0 Å². The lowest BCUT2D eigenvalue weighted by atomic mass is 9.80. The van der Waals surface area contributed by atoms with E-state index in [4.69, 9.17) is 0 Å². The molecule has 0 radical (unpaired) electrons. The SMILES string of the molecule is CCC(C)(C)CCCCCCCCCCCCCCCC(C)(CC)CC. The first-order valence-corrected chi connectivity index (χ1v) is 12.4. The van der Waals surface area contributed by atoms with E-state index in [2.05, 4.69) is 41.5 Å². The van der Waals surface area contributed by atoms with Crippen LogP contribution in [0, 0.1) is 10.8 Å². The molecule has 0 saturated heterocycles. The van der Waals surface area contributed by atoms with Gasteiger partial charge in [0.15, 0.2) is 0 Å². The fraction of sp³-hybridized carbons (Fsp3) is 1.00. The molecule has 0 spiro atoms. The molecule has 158 valence electrons. The van der Waals surface area contributed by atoms with Crippen molar-refractivity contribution in [2.45, 2.75) is 157 Å². The van der Waals surface area contributed by atoms with E-state index in [9.17, 15) is 0 Å². The van der Waals surface area contributed by atoms with Gasteiger partial charge in [-0.3, -0.25) is 0 Å². The smallest absolute Gasteiger partial charge is 0.0331 e. The lowest BCUT2D eigenvalue weighted by Gasteiger charge is -2.26. The zero-order chi connectivity index (χ0) is 19.7. The first kappa shape index (κ1) is 26.0. The van der Waals surface area contributed by atoms with Crippen molar-refractivity contribution in [2.75, 3.05) is 0 Å². The summed E-state index contributed by atoms with van der Waals surface area (Å²) in [5, 5.41) is 0. The molecular formula is C26H54. The predicted molar refractivity (Wildman–Crippen MR) is 122 cm³/mol. The molecule has 0 aromatic heterocycles. The molecule has 0 amide bonds. The van der Waals surface area contributed by atoms with Crippen LogP contribution in [0.2, 0.25) is 0 Å². The predicted octanol–water partition coefficient (Wildman–Crippen LogP) is 10.1. The van der Waals surface area contributed by atoms with Gasteiger partial charge in [0.05, 0.1) is 0 Å². The summed E-state index contributed by atoms with van der Waals surface area (Å²) in [5.41, 5.74) is 1.19. The van der Waals surface area contributed by atoms with E-state index in [1.54, 1.807) is 0 Å². The number of hydrogen-bond donors (Lipinski definition) is 0. The second kappa shape index (κ2) is 16.0. The van der Waals surface area contributed by atoms with Gasteiger partial charge in [0.2, 0.25) is 0 Å². The molecule has 0 bridgehead atoms. The minimum absolute atomic E-state index is 0.575. The first-order valence-electron chi connectivity index (χ1n) is 12.4. The van der Waals surface area contributed by atoms with Gasteiger partial charge in [0.25, 0.3) is 0 Å². The molecular weight excluding hydrogens is 312 g/mol. The maximum atomic E-state index is 2.47. The van der Waals surface area contributed by atoms with E-state index in [0.29, 0.717) is 10.8 Å². The van der Waals surface area contributed by atoms with Crippen LogP contribution in [0.3, 0.4) is 0 Å². The third-order valence-electron chi connectivity index (χ3n) is 7.30. The fourth-order valence-electron chi connectivity index (χ4n) is 3.88. The van der Waals surface area contributed by atoms with E-state index < -0.39 is 0 Å². The van der Waals surface area contributed by atoms with Crippen LogP contribution in [0.4, 0.5) is 0 Å². The molecule has 0 aliphatic rings. The number of unbranched alkanes of at least 4 members (excludes halogenated alkanes) is 12. The molecule has 0 aromatic carbocycles. The van der Waals surface area contributed by atoms with Crippen LogP contribution in [0.5, 0.6) is 0 Å². The van der Waals surface area contributed by atoms with Crippen molar-refractivity contribution in [2.24, 2.45) is 10.8 Å². The summed E-state index contributed by atoms with van der Waals surface area (Å²) in [4.78, 5) is 0. The molecule has 0 aliphatic carbocycles. The van der Waals surface area contributed by atoms with E-state index >= 15 is 0 Å². The van der Waals surface area contributed by atoms with Gasteiger partial charge in [-0.05, 0) is 23.7 Å². The fourth-order valence-corrected chi connectivity index (χ4v) is 3.88. The van der Waals surface area contributed by atoms with Crippen LogP contribution < -0.4 is 0 Å². The van der Waals surface area contributed by atoms with Crippen molar-refractivity contribution in [3.63, 3.8) is 0 Å². The molecule has 0 N–H and O–H groups in total. The van der Waals surface area contributed by atoms with Crippen molar-refractivity contribution in [1.82, 2.24) is 0 Å². The molecule has 0 heteroatoms. The minimum atomic E-state index is 0.575. The minimum Gasteiger partial charge on any atom is -0.0649 e. The average molecular weight is 367 g/mol. The molecule has 0 fully saturated rings. The zero-order valence-electron chi connectivity index (χ0n) is 19.7. The van der Waals surface area contributed by atoms with Crippen molar-refractivity contribution < 1.29 is 0 Å². The number of rotatable bonds is 19. The third kappa shape index (κ3) is 15.1. The van der Waals surface area contributed by atoms with Crippen molar-refractivity contribution in [3.05, 3.63) is 0 Å². The van der Waals surface area contributed by atoms with Crippen molar-refractivity contribution in [1.29, 1.82) is 0 Å². The van der Waals surface area contributed by atoms with Gasteiger partial charge in [0.1, 0.15) is 0 Å². The molecule has 0 saturated carbocycles. The van der Waals surface area contributed by atoms with Crippen molar-refractivity contribution in [3.8, 4) is 0 Å². The summed E-state index contributed by atoms with van der Waals surface area (Å²) >= 11 is 0. The van der Waals surface area contributed by atoms with Crippen LogP contribution in [0.15, 0.2) is 0 Å². The van der Waals surface area contributed by atoms with Gasteiger partial charge < -0.3 is 0 Å². The van der Waals surface area contributed by atoms with Crippen LogP contribution in [0.25, 0.3) is 0 Å². The normalized spacial score (nSPS) is 12.7. The number of hydrogen-bond acceptors (Lipinski definition) is 0. The monoisotopic (exact) mass is 366 g/mol. The average Bonchev–Trinajstić information content (AvgIpc) is 2.64. The van der Waals surface area contributed by atoms with Crippen LogP contribution in [0.1, 0.15) is 157 Å². The summed E-state index contributed by atoms with van der Waals surface area (Å²) in [5.74, 6) is 0. The summed E-state index contributed by atoms with van der Waals surface area (Å²) < 4.78 is 0. The lowest BCUT2D eigenvalue weighted by Crippen LogP contribution is -2.13. The van der Waals surface area contributed by atoms with E-state index in [1.165, 1.54) is 116 Å². The molecule has 0 nitrogen and oxygen atoms in total. The molecule has 0 atom stereocenters. The maximum Gasteiger partial charge on any atom is -0.0331 e. The first-order chi connectivity index (χ1) is 12.4. The largest absolute Gasteiger partial charge is 0.0649 e. The lowest BCUT2D eigenvalue weighted by molar-refractivity contribution is 0.261. The summed E-state index contributed by atoms with van der Waals surface area (Å²) in [6.45, 7) is 14.3. The van der Waals surface area contributed by atoms with Gasteiger partial charge in [-0.1, -0.05) is 144 Å². The molecule has 0 aromatic rings. The Morgan fingerprint density at radius 2 is 0.692 bits per heavy atom. The second-order valence-corrected chi connectivity index (χ2v) is 10.1. The molecule has 0 heterocycles. The Bertz CT molecular complexity index is 284. The zero-order valence-corrected chi connectivity index (χ0v) is 19.7. The Morgan fingerprint density at radius 1 is 0.385 bits per heavy atom. The highest BCUT2D eigenvalue weighted by Crippen LogP contribution is 2.32. The highest BCUT2D eigenvalue weighted by Gasteiger charge is 2.18. The Morgan fingerprint density at radius 3 is 1.00 bits per heavy atom. The Kier molecular flexibility index (Phi) is 16.0. The third-order valence-corrected chi connectivity index (χ3v) is 7.30. The Labute approximate surface area is 168 Å². The standard InChI is InChI=1S/C26H54/c1-7-25(4,5)23-21-19-17-15-13-11-10-12-14-16-18-20-22-24-26(6,8-2)9-3/h7-24H2,1-6H3. The van der Waals surface area contributed by atoms with E-state index in [0.717, 1.165) is 0 Å². The Balaban J connectivity index is 3.23. The second-order valence-electron chi connectivity index (χ2n) is 10.1. The topological polar surface area (TPSA) is 0 Å². The van der Waals surface area contributed by atoms with Gasteiger partial charge >= 0.3 is 0 Å². The van der Waals surface area contributed by atoms with E-state index in [1.807, 2.05) is 0 Å². The van der Waals surface area contributed by atoms with Gasteiger partial charge in [-0.2, -0.15) is 0 Å². The van der Waals surface area contributed by atoms with Crippen molar-refractivity contribution >= 4 is 0 Å². The van der Waals surface area contributed by atoms with Gasteiger partial charge in [-0.15, -0.1) is 0 Å². The summed E-state index contributed by atoms with van der Waals surface area (Å²) in [6, 6.07) is 0. The summed E-state index contributed by atoms with van der Waals surface area (Å²) in [7, 11) is 0. The quantitative estimate of drug-likeness (QED) is 0.199. The molecule has 0 unspecified atom stereocenters. The maximum absolute atomic E-state index is 2.47. The summed E-state index contributed by atoms with van der Waals surface area (Å²) in [6.07, 6.45) is 26.0. The molecule has 26 heavy (non-hydrogen) atoms.